The molecular weight excluding hydrogens is 210 g/mol. The van der Waals surface area contributed by atoms with Gasteiger partial charge in [0.05, 0.1) is 0 Å². The van der Waals surface area contributed by atoms with Crippen LogP contribution in [0.25, 0.3) is 0 Å². The summed E-state index contributed by atoms with van der Waals surface area (Å²) in [5.74, 6) is 1.49. The zero-order valence-corrected chi connectivity index (χ0v) is 11.3. The molecule has 0 amide bonds. The lowest BCUT2D eigenvalue weighted by Gasteiger charge is -2.33. The molecule has 94 valence electrons. The van der Waals surface area contributed by atoms with Crippen molar-refractivity contribution in [2.75, 3.05) is 6.54 Å². The van der Waals surface area contributed by atoms with Gasteiger partial charge in [0.1, 0.15) is 11.4 Å². The Hall–Kier alpha value is -1.02. The minimum absolute atomic E-state index is 0.0273. The molecule has 0 bridgehead atoms. The highest BCUT2D eigenvalue weighted by Gasteiger charge is 2.27. The van der Waals surface area contributed by atoms with Crippen LogP contribution in [0.15, 0.2) is 12.1 Å². The third-order valence-electron chi connectivity index (χ3n) is 3.72. The summed E-state index contributed by atoms with van der Waals surface area (Å²) in [5, 5.41) is 0. The van der Waals surface area contributed by atoms with Crippen molar-refractivity contribution in [1.29, 1.82) is 0 Å². The van der Waals surface area contributed by atoms with Gasteiger partial charge in [0.25, 0.3) is 0 Å². The molecule has 0 spiro atoms. The maximum Gasteiger partial charge on any atom is 0.123 e. The average molecular weight is 233 g/mol. The summed E-state index contributed by atoms with van der Waals surface area (Å²) in [6.07, 6.45) is 2.19. The molecule has 2 heteroatoms. The smallest absolute Gasteiger partial charge is 0.123 e. The molecule has 1 unspecified atom stereocenters. The Morgan fingerprint density at radius 2 is 2.12 bits per heavy atom. The molecule has 2 rings (SSSR count). The number of rotatable bonds is 2. The SMILES string of the molecule is Cc1cc2c(cc1C(C)CN)CCC(C)(C)O2. The van der Waals surface area contributed by atoms with E-state index < -0.39 is 0 Å². The molecular formula is C15H23NO. The number of benzene rings is 1. The van der Waals surface area contributed by atoms with E-state index in [-0.39, 0.29) is 5.60 Å². The molecule has 2 nitrogen and oxygen atoms in total. The minimum Gasteiger partial charge on any atom is -0.488 e. The second-order valence-electron chi connectivity index (χ2n) is 5.82. The number of fused-ring (bicyclic) bond motifs is 1. The number of hydrogen-bond donors (Lipinski definition) is 1. The van der Waals surface area contributed by atoms with Crippen LogP contribution in [0.2, 0.25) is 0 Å². The van der Waals surface area contributed by atoms with Crippen LogP contribution in [0.1, 0.15) is 49.8 Å². The van der Waals surface area contributed by atoms with Crippen LogP contribution in [0.3, 0.4) is 0 Å². The summed E-state index contributed by atoms with van der Waals surface area (Å²) in [6, 6.07) is 4.47. The molecule has 1 aliphatic rings. The van der Waals surface area contributed by atoms with Crippen molar-refractivity contribution < 1.29 is 4.74 Å². The summed E-state index contributed by atoms with van der Waals surface area (Å²) in [6.45, 7) is 9.34. The van der Waals surface area contributed by atoms with E-state index in [4.69, 9.17) is 10.5 Å². The van der Waals surface area contributed by atoms with Crippen LogP contribution in [0.5, 0.6) is 5.75 Å². The van der Waals surface area contributed by atoms with E-state index in [1.54, 1.807) is 0 Å². The predicted octanol–water partition coefficient (Wildman–Crippen LogP) is 3.16. The lowest BCUT2D eigenvalue weighted by Crippen LogP contribution is -2.32. The third kappa shape index (κ3) is 2.47. The zero-order valence-electron chi connectivity index (χ0n) is 11.3. The highest BCUT2D eigenvalue weighted by Crippen LogP contribution is 2.36. The van der Waals surface area contributed by atoms with E-state index in [2.05, 4.69) is 39.8 Å². The molecule has 1 heterocycles. The fourth-order valence-corrected chi connectivity index (χ4v) is 2.48. The van der Waals surface area contributed by atoms with Gasteiger partial charge in [-0.15, -0.1) is 0 Å². The Morgan fingerprint density at radius 1 is 1.41 bits per heavy atom. The van der Waals surface area contributed by atoms with Crippen LogP contribution in [0.4, 0.5) is 0 Å². The van der Waals surface area contributed by atoms with Gasteiger partial charge >= 0.3 is 0 Å². The summed E-state index contributed by atoms with van der Waals surface area (Å²) < 4.78 is 6.04. The number of nitrogens with two attached hydrogens (primary N) is 1. The maximum atomic E-state index is 6.04. The third-order valence-corrected chi connectivity index (χ3v) is 3.72. The molecule has 0 saturated carbocycles. The first-order valence-corrected chi connectivity index (χ1v) is 6.45. The molecule has 0 aromatic heterocycles. The molecule has 1 aliphatic heterocycles. The average Bonchev–Trinajstić information content (AvgIpc) is 2.26. The summed E-state index contributed by atoms with van der Waals surface area (Å²) in [4.78, 5) is 0. The van der Waals surface area contributed by atoms with E-state index >= 15 is 0 Å². The van der Waals surface area contributed by atoms with Gasteiger partial charge in [-0.1, -0.05) is 13.0 Å². The van der Waals surface area contributed by atoms with Gasteiger partial charge in [-0.25, -0.2) is 0 Å². The summed E-state index contributed by atoms with van der Waals surface area (Å²) >= 11 is 0. The van der Waals surface area contributed by atoms with E-state index in [9.17, 15) is 0 Å². The van der Waals surface area contributed by atoms with Crippen molar-refractivity contribution in [3.8, 4) is 5.75 Å². The zero-order chi connectivity index (χ0) is 12.6. The first-order chi connectivity index (χ1) is 7.93. The van der Waals surface area contributed by atoms with E-state index in [1.165, 1.54) is 16.7 Å². The molecule has 1 aromatic rings. The van der Waals surface area contributed by atoms with Crippen molar-refractivity contribution in [1.82, 2.24) is 0 Å². The van der Waals surface area contributed by atoms with Crippen LogP contribution >= 0.6 is 0 Å². The van der Waals surface area contributed by atoms with Gasteiger partial charge in [0.2, 0.25) is 0 Å². The predicted molar refractivity (Wildman–Crippen MR) is 71.7 cm³/mol. The second-order valence-corrected chi connectivity index (χ2v) is 5.82. The van der Waals surface area contributed by atoms with Crippen molar-refractivity contribution in [2.24, 2.45) is 5.73 Å². The largest absolute Gasteiger partial charge is 0.488 e. The Morgan fingerprint density at radius 3 is 2.76 bits per heavy atom. The Labute approximate surface area is 104 Å². The van der Waals surface area contributed by atoms with Crippen LogP contribution in [-0.4, -0.2) is 12.1 Å². The van der Waals surface area contributed by atoms with Gasteiger partial charge in [0.15, 0.2) is 0 Å². The van der Waals surface area contributed by atoms with Crippen LogP contribution in [0, 0.1) is 6.92 Å². The van der Waals surface area contributed by atoms with Gasteiger partial charge in [-0.2, -0.15) is 0 Å². The fraction of sp³-hybridized carbons (Fsp3) is 0.600. The lowest BCUT2D eigenvalue weighted by atomic mass is 9.88. The second kappa shape index (κ2) is 4.34. The normalized spacial score (nSPS) is 19.4. The van der Waals surface area contributed by atoms with Crippen LogP contribution in [-0.2, 0) is 6.42 Å². The van der Waals surface area contributed by atoms with Crippen molar-refractivity contribution in [2.45, 2.75) is 52.1 Å². The Balaban J connectivity index is 2.39. The fourth-order valence-electron chi connectivity index (χ4n) is 2.48. The topological polar surface area (TPSA) is 35.2 Å². The van der Waals surface area contributed by atoms with E-state index in [0.29, 0.717) is 12.5 Å². The molecule has 1 atom stereocenters. The first-order valence-electron chi connectivity index (χ1n) is 6.45. The summed E-state index contributed by atoms with van der Waals surface area (Å²) in [7, 11) is 0. The van der Waals surface area contributed by atoms with Gasteiger partial charge in [-0.3, -0.25) is 0 Å². The minimum atomic E-state index is -0.0273. The summed E-state index contributed by atoms with van der Waals surface area (Å²) in [5.41, 5.74) is 9.73. The molecule has 2 N–H and O–H groups in total. The molecule has 0 fully saturated rings. The Bertz CT molecular complexity index is 423. The number of aryl methyl sites for hydroxylation is 2. The van der Waals surface area contributed by atoms with Gasteiger partial charge in [0, 0.05) is 0 Å². The monoisotopic (exact) mass is 233 g/mol. The van der Waals surface area contributed by atoms with Gasteiger partial charge in [-0.05, 0) is 68.8 Å². The van der Waals surface area contributed by atoms with Crippen molar-refractivity contribution >= 4 is 0 Å². The van der Waals surface area contributed by atoms with Crippen molar-refractivity contribution in [3.05, 3.63) is 28.8 Å². The first kappa shape index (κ1) is 12.4. The number of hydrogen-bond acceptors (Lipinski definition) is 2. The van der Waals surface area contributed by atoms with Crippen LogP contribution < -0.4 is 10.5 Å². The van der Waals surface area contributed by atoms with Crippen molar-refractivity contribution in [3.63, 3.8) is 0 Å². The number of ether oxygens (including phenoxy) is 1. The molecule has 0 saturated heterocycles. The Kier molecular flexibility index (Phi) is 3.17. The standard InChI is InChI=1S/C15H23NO/c1-10-7-14-12(5-6-15(3,4)17-14)8-13(10)11(2)9-16/h7-8,11H,5-6,9,16H2,1-4H3. The molecule has 17 heavy (non-hydrogen) atoms. The quantitative estimate of drug-likeness (QED) is 0.851. The van der Waals surface area contributed by atoms with Gasteiger partial charge < -0.3 is 10.5 Å². The highest BCUT2D eigenvalue weighted by molar-refractivity contribution is 5.45. The maximum absolute atomic E-state index is 6.04. The molecule has 0 radical (unpaired) electrons. The van der Waals surface area contributed by atoms with E-state index in [1.807, 2.05) is 0 Å². The lowest BCUT2D eigenvalue weighted by molar-refractivity contribution is 0.0845. The highest BCUT2D eigenvalue weighted by atomic mass is 16.5. The molecule has 1 aromatic carbocycles. The molecule has 0 aliphatic carbocycles. The van der Waals surface area contributed by atoms with E-state index in [0.717, 1.165) is 18.6 Å².